The van der Waals surface area contributed by atoms with Gasteiger partial charge in [-0.2, -0.15) is 0 Å². The molecule has 3 aromatic rings. The number of nitrogens with zero attached hydrogens (tertiary/aromatic N) is 4. The van der Waals surface area contributed by atoms with Gasteiger partial charge in [-0.05, 0) is 49.9 Å². The minimum atomic E-state index is 0.494. The molecule has 1 aliphatic rings. The lowest BCUT2D eigenvalue weighted by Gasteiger charge is -2.17. The smallest absolute Gasteiger partial charge is 0.191 e. The van der Waals surface area contributed by atoms with Gasteiger partial charge in [-0.15, -0.1) is 10.2 Å². The first kappa shape index (κ1) is 20.2. The van der Waals surface area contributed by atoms with Crippen LogP contribution in [0.1, 0.15) is 43.1 Å². The van der Waals surface area contributed by atoms with E-state index in [9.17, 15) is 0 Å². The maximum atomic E-state index is 4.60. The monoisotopic (exact) mass is 406 g/mol. The molecule has 0 saturated carbocycles. The average molecular weight is 407 g/mol. The lowest BCUT2D eigenvalue weighted by molar-refractivity contribution is 0.316. The molecular weight excluding hydrogens is 376 g/mol. The summed E-state index contributed by atoms with van der Waals surface area (Å²) in [6.07, 6.45) is 4.83. The second kappa shape index (κ2) is 10.1. The maximum absolute atomic E-state index is 4.60. The molecule has 1 saturated heterocycles. The highest BCUT2D eigenvalue weighted by molar-refractivity contribution is 7.99. The van der Waals surface area contributed by atoms with Gasteiger partial charge in [0.2, 0.25) is 0 Å². The molecule has 2 heterocycles. The van der Waals surface area contributed by atoms with E-state index < -0.39 is 0 Å². The van der Waals surface area contributed by atoms with Crippen LogP contribution in [0.2, 0.25) is 0 Å². The number of likely N-dealkylation sites (tertiary alicyclic amines) is 1. The van der Waals surface area contributed by atoms with Crippen molar-refractivity contribution in [2.75, 3.05) is 13.1 Å². The lowest BCUT2D eigenvalue weighted by atomic mass is 10.1. The van der Waals surface area contributed by atoms with Crippen molar-refractivity contribution >= 4 is 11.8 Å². The first-order chi connectivity index (χ1) is 14.3. The van der Waals surface area contributed by atoms with Gasteiger partial charge in [0.1, 0.15) is 5.82 Å². The highest BCUT2D eigenvalue weighted by Crippen LogP contribution is 2.27. The molecule has 0 spiro atoms. The third kappa shape index (κ3) is 5.71. The summed E-state index contributed by atoms with van der Waals surface area (Å²) in [5.74, 6) is 1.09. The van der Waals surface area contributed by atoms with Crippen molar-refractivity contribution in [3.63, 3.8) is 0 Å². The van der Waals surface area contributed by atoms with Crippen LogP contribution >= 0.6 is 11.8 Å². The minimum Gasteiger partial charge on any atom is -0.300 e. The summed E-state index contributed by atoms with van der Waals surface area (Å²) in [6, 6.07) is 21.4. The lowest BCUT2D eigenvalue weighted by Crippen LogP contribution is -2.21. The Morgan fingerprint density at radius 1 is 0.862 bits per heavy atom. The first-order valence-electron chi connectivity index (χ1n) is 10.7. The normalized spacial score (nSPS) is 15.6. The Balaban J connectivity index is 1.46. The molecule has 152 valence electrons. The molecule has 1 fully saturated rings. The van der Waals surface area contributed by atoms with Crippen molar-refractivity contribution in [2.24, 2.45) is 0 Å². The zero-order valence-corrected chi connectivity index (χ0v) is 18.0. The summed E-state index contributed by atoms with van der Waals surface area (Å²) in [5, 5.41) is 10.7. The Morgan fingerprint density at radius 3 is 2.21 bits per heavy atom. The van der Waals surface area contributed by atoms with E-state index in [4.69, 9.17) is 0 Å². The molecule has 0 bridgehead atoms. The van der Waals surface area contributed by atoms with Gasteiger partial charge >= 0.3 is 0 Å². The third-order valence-electron chi connectivity index (χ3n) is 5.53. The van der Waals surface area contributed by atoms with Crippen LogP contribution in [0, 0.1) is 0 Å². The maximum Gasteiger partial charge on any atom is 0.191 e. The van der Waals surface area contributed by atoms with Gasteiger partial charge in [-0.1, -0.05) is 79.3 Å². The summed E-state index contributed by atoms with van der Waals surface area (Å²) in [6.45, 7) is 6.39. The van der Waals surface area contributed by atoms with Gasteiger partial charge in [-0.25, -0.2) is 0 Å². The third-order valence-corrected chi connectivity index (χ3v) is 6.68. The fraction of sp³-hybridized carbons (Fsp3) is 0.417. The van der Waals surface area contributed by atoms with E-state index in [1.807, 2.05) is 11.8 Å². The van der Waals surface area contributed by atoms with E-state index in [1.165, 1.54) is 37.1 Å². The quantitative estimate of drug-likeness (QED) is 0.467. The standard InChI is InChI=1S/C24H30N4S/c1-20(14-15-21-10-4-2-5-11-21)29-24-26-25-23(19-27-16-8-9-17-27)28(24)18-22-12-6-3-7-13-22/h2-7,10-13,20H,8-9,14-19H2,1H3. The zero-order chi connectivity index (χ0) is 19.9. The van der Waals surface area contributed by atoms with Crippen LogP contribution in [0.3, 0.4) is 0 Å². The summed E-state index contributed by atoms with van der Waals surface area (Å²) < 4.78 is 2.33. The molecule has 4 nitrogen and oxygen atoms in total. The van der Waals surface area contributed by atoms with Crippen molar-refractivity contribution in [3.8, 4) is 0 Å². The number of aromatic nitrogens is 3. The van der Waals surface area contributed by atoms with Crippen molar-refractivity contribution in [1.82, 2.24) is 19.7 Å². The van der Waals surface area contributed by atoms with Crippen molar-refractivity contribution in [3.05, 3.63) is 77.6 Å². The van der Waals surface area contributed by atoms with E-state index in [0.29, 0.717) is 5.25 Å². The number of benzene rings is 2. The number of hydrogen-bond acceptors (Lipinski definition) is 4. The summed E-state index contributed by atoms with van der Waals surface area (Å²) in [7, 11) is 0. The molecule has 1 atom stereocenters. The molecule has 0 radical (unpaired) electrons. The topological polar surface area (TPSA) is 34.0 Å². The van der Waals surface area contributed by atoms with Crippen LogP contribution in [0.4, 0.5) is 0 Å². The molecule has 1 unspecified atom stereocenters. The first-order valence-corrected chi connectivity index (χ1v) is 11.5. The van der Waals surface area contributed by atoms with E-state index >= 15 is 0 Å². The number of hydrogen-bond donors (Lipinski definition) is 0. The van der Waals surface area contributed by atoms with Gasteiger partial charge in [-0.3, -0.25) is 4.90 Å². The highest BCUT2D eigenvalue weighted by Gasteiger charge is 2.20. The molecule has 0 aliphatic carbocycles. The fourth-order valence-corrected chi connectivity index (χ4v) is 4.82. The molecule has 4 rings (SSSR count). The van der Waals surface area contributed by atoms with E-state index in [2.05, 4.69) is 87.3 Å². The molecule has 0 amide bonds. The van der Waals surface area contributed by atoms with E-state index in [0.717, 1.165) is 36.9 Å². The number of thioether (sulfide) groups is 1. The van der Waals surface area contributed by atoms with Crippen LogP contribution in [0.5, 0.6) is 0 Å². The number of aryl methyl sites for hydroxylation is 1. The second-order valence-electron chi connectivity index (χ2n) is 7.91. The Morgan fingerprint density at radius 2 is 1.52 bits per heavy atom. The van der Waals surface area contributed by atoms with Crippen molar-refractivity contribution < 1.29 is 0 Å². The predicted octanol–water partition coefficient (Wildman–Crippen LogP) is 5.04. The molecule has 0 N–H and O–H groups in total. The van der Waals surface area contributed by atoms with E-state index in [1.54, 1.807) is 0 Å². The molecular formula is C24H30N4S. The fourth-order valence-electron chi connectivity index (χ4n) is 3.84. The van der Waals surface area contributed by atoms with Crippen LogP contribution in [0.25, 0.3) is 0 Å². The summed E-state index contributed by atoms with van der Waals surface area (Å²) in [5.41, 5.74) is 2.70. The Kier molecular flexibility index (Phi) is 7.01. The number of rotatable bonds is 9. The van der Waals surface area contributed by atoms with Crippen LogP contribution < -0.4 is 0 Å². The minimum absolute atomic E-state index is 0.494. The van der Waals surface area contributed by atoms with Crippen LogP contribution in [0.15, 0.2) is 65.8 Å². The van der Waals surface area contributed by atoms with Gasteiger partial charge in [0.05, 0.1) is 13.1 Å². The van der Waals surface area contributed by atoms with Gasteiger partial charge < -0.3 is 4.57 Å². The highest BCUT2D eigenvalue weighted by atomic mass is 32.2. The molecule has 2 aromatic carbocycles. The molecule has 1 aromatic heterocycles. The van der Waals surface area contributed by atoms with Gasteiger partial charge in [0, 0.05) is 5.25 Å². The Hall–Kier alpha value is -2.11. The molecule has 1 aliphatic heterocycles. The SMILES string of the molecule is CC(CCc1ccccc1)Sc1nnc(CN2CCCC2)n1Cc1ccccc1. The van der Waals surface area contributed by atoms with Crippen molar-refractivity contribution in [2.45, 2.75) is 56.1 Å². The second-order valence-corrected chi connectivity index (χ2v) is 9.31. The predicted molar refractivity (Wildman–Crippen MR) is 120 cm³/mol. The zero-order valence-electron chi connectivity index (χ0n) is 17.2. The Bertz CT molecular complexity index is 872. The van der Waals surface area contributed by atoms with Gasteiger partial charge in [0.25, 0.3) is 0 Å². The molecule has 5 heteroatoms. The summed E-state index contributed by atoms with van der Waals surface area (Å²) in [4.78, 5) is 2.50. The van der Waals surface area contributed by atoms with Crippen LogP contribution in [-0.4, -0.2) is 38.0 Å². The summed E-state index contributed by atoms with van der Waals surface area (Å²) >= 11 is 1.86. The van der Waals surface area contributed by atoms with Crippen LogP contribution in [-0.2, 0) is 19.5 Å². The average Bonchev–Trinajstić information content (AvgIpc) is 3.40. The van der Waals surface area contributed by atoms with E-state index in [-0.39, 0.29) is 0 Å². The Labute approximate surface area is 178 Å². The molecule has 29 heavy (non-hydrogen) atoms. The van der Waals surface area contributed by atoms with Gasteiger partial charge in [0.15, 0.2) is 5.16 Å². The largest absolute Gasteiger partial charge is 0.300 e. The van der Waals surface area contributed by atoms with Crippen molar-refractivity contribution in [1.29, 1.82) is 0 Å².